The number of ether oxygens (including phenoxy) is 1. The van der Waals surface area contributed by atoms with Gasteiger partial charge in [-0.2, -0.15) is 0 Å². The molecule has 36 heavy (non-hydrogen) atoms. The second-order valence-corrected chi connectivity index (χ2v) is 8.80. The normalized spacial score (nSPS) is 23.3. The Kier molecular flexibility index (Phi) is 5.04. The monoisotopic (exact) mass is 483 g/mol. The molecule has 1 aliphatic carbocycles. The summed E-state index contributed by atoms with van der Waals surface area (Å²) < 4.78 is 11.3. The van der Waals surface area contributed by atoms with E-state index in [1.54, 1.807) is 43.9 Å². The molecule has 1 unspecified atom stereocenters. The first-order valence-electron chi connectivity index (χ1n) is 11.3. The third-order valence-electron chi connectivity index (χ3n) is 6.59. The number of nitrogens with zero attached hydrogens (tertiary/aromatic N) is 3. The molecule has 10 heteroatoms. The number of pyridine rings is 2. The van der Waals surface area contributed by atoms with E-state index in [0.717, 1.165) is 16.7 Å². The number of hydrogen-bond donors (Lipinski definition) is 2. The van der Waals surface area contributed by atoms with Gasteiger partial charge in [-0.25, -0.2) is 9.78 Å². The van der Waals surface area contributed by atoms with Crippen LogP contribution in [0.1, 0.15) is 5.76 Å². The SMILES string of the molecule is COC1C=CC2=C(C=C1)C(=O)N(C[C@@]1(c3cc4cc(-c5cccnc5)cnc4o3)NC(=O)NC1=O)C2. The van der Waals surface area contributed by atoms with E-state index in [2.05, 4.69) is 20.6 Å². The van der Waals surface area contributed by atoms with Crippen molar-refractivity contribution in [3.05, 3.63) is 84.1 Å². The Hall–Kier alpha value is -4.57. The van der Waals surface area contributed by atoms with Gasteiger partial charge in [-0.05, 0) is 23.8 Å². The quantitative estimate of drug-likeness (QED) is 0.533. The maximum absolute atomic E-state index is 13.3. The highest BCUT2D eigenvalue weighted by atomic mass is 16.5. The van der Waals surface area contributed by atoms with Gasteiger partial charge >= 0.3 is 6.03 Å². The van der Waals surface area contributed by atoms with Gasteiger partial charge in [0.1, 0.15) is 5.76 Å². The number of methoxy groups -OCH3 is 1. The van der Waals surface area contributed by atoms with Crippen molar-refractivity contribution in [3.8, 4) is 11.1 Å². The zero-order valence-corrected chi connectivity index (χ0v) is 19.2. The molecule has 180 valence electrons. The van der Waals surface area contributed by atoms with E-state index in [0.29, 0.717) is 16.7 Å². The third kappa shape index (κ3) is 3.50. The van der Waals surface area contributed by atoms with Crippen molar-refractivity contribution < 1.29 is 23.5 Å². The number of hydrogen-bond acceptors (Lipinski definition) is 7. The summed E-state index contributed by atoms with van der Waals surface area (Å²) in [5.74, 6) is -0.652. The molecular formula is C26H21N5O5. The van der Waals surface area contributed by atoms with Gasteiger partial charge in [-0.15, -0.1) is 0 Å². The van der Waals surface area contributed by atoms with Crippen molar-refractivity contribution in [1.29, 1.82) is 0 Å². The molecule has 0 aromatic carbocycles. The number of rotatable bonds is 5. The van der Waals surface area contributed by atoms with E-state index in [1.165, 1.54) is 4.90 Å². The minimum Gasteiger partial charge on any atom is -0.440 e. The Bertz CT molecular complexity index is 1510. The van der Waals surface area contributed by atoms with Crippen molar-refractivity contribution >= 4 is 28.9 Å². The van der Waals surface area contributed by atoms with E-state index in [9.17, 15) is 14.4 Å². The molecule has 3 aromatic heterocycles. The molecule has 3 aliphatic rings. The molecule has 5 heterocycles. The standard InChI is InChI=1S/C26H21N5O5/c1-35-19-5-4-16-13-31(23(32)20(16)7-6-19)14-26(24(33)29-25(34)30-26)21-10-17-9-18(12-28-22(17)36-21)15-3-2-8-27-11-15/h2-12,19H,13-14H2,1H3,(H2,29,30,33,34)/t19?,26-/m0/s1. The first kappa shape index (κ1) is 21.9. The molecule has 3 aromatic rings. The molecule has 4 amide bonds. The number of urea groups is 1. The Balaban J connectivity index is 1.35. The summed E-state index contributed by atoms with van der Waals surface area (Å²) in [6.07, 6.45) is 12.1. The number of nitrogens with one attached hydrogen (secondary N) is 2. The van der Waals surface area contributed by atoms with E-state index in [1.807, 2.05) is 30.4 Å². The van der Waals surface area contributed by atoms with Crippen LogP contribution in [0.15, 0.2) is 82.7 Å². The first-order valence-corrected chi connectivity index (χ1v) is 11.3. The fourth-order valence-corrected chi connectivity index (χ4v) is 4.72. The van der Waals surface area contributed by atoms with Gasteiger partial charge in [-0.3, -0.25) is 19.9 Å². The van der Waals surface area contributed by atoms with E-state index < -0.39 is 17.5 Å². The predicted molar refractivity (Wildman–Crippen MR) is 128 cm³/mol. The lowest BCUT2D eigenvalue weighted by Gasteiger charge is -2.29. The molecule has 0 bridgehead atoms. The highest BCUT2D eigenvalue weighted by Crippen LogP contribution is 2.35. The highest BCUT2D eigenvalue weighted by molar-refractivity contribution is 6.08. The van der Waals surface area contributed by atoms with Gasteiger partial charge in [-0.1, -0.05) is 30.4 Å². The van der Waals surface area contributed by atoms with Crippen LogP contribution in [0.3, 0.4) is 0 Å². The van der Waals surface area contributed by atoms with Gasteiger partial charge < -0.3 is 19.4 Å². The van der Waals surface area contributed by atoms with Crippen molar-refractivity contribution in [3.63, 3.8) is 0 Å². The topological polar surface area (TPSA) is 127 Å². The Morgan fingerprint density at radius 2 is 2.03 bits per heavy atom. The average Bonchev–Trinajstić information content (AvgIpc) is 3.48. The number of aromatic nitrogens is 2. The van der Waals surface area contributed by atoms with Crippen LogP contribution in [-0.2, 0) is 19.9 Å². The Morgan fingerprint density at radius 3 is 2.78 bits per heavy atom. The van der Waals surface area contributed by atoms with Crippen LogP contribution in [0.5, 0.6) is 0 Å². The molecule has 2 N–H and O–H groups in total. The average molecular weight is 483 g/mol. The number of carbonyl (C=O) groups is 3. The van der Waals surface area contributed by atoms with Crippen LogP contribution in [-0.4, -0.2) is 59.0 Å². The zero-order chi connectivity index (χ0) is 24.9. The van der Waals surface area contributed by atoms with Crippen LogP contribution in [0.2, 0.25) is 0 Å². The molecule has 2 atom stereocenters. The summed E-state index contributed by atoms with van der Waals surface area (Å²) in [4.78, 5) is 48.7. The number of imide groups is 1. The van der Waals surface area contributed by atoms with Crippen LogP contribution in [0, 0.1) is 0 Å². The van der Waals surface area contributed by atoms with Gasteiger partial charge in [0.25, 0.3) is 11.8 Å². The fourth-order valence-electron chi connectivity index (χ4n) is 4.72. The lowest BCUT2D eigenvalue weighted by atomic mass is 9.95. The van der Waals surface area contributed by atoms with Crippen molar-refractivity contribution in [1.82, 2.24) is 25.5 Å². The zero-order valence-electron chi connectivity index (χ0n) is 19.2. The molecule has 1 saturated heterocycles. The summed E-state index contributed by atoms with van der Waals surface area (Å²) in [5, 5.41) is 5.64. The Labute approximate surface area is 205 Å². The van der Waals surface area contributed by atoms with E-state index in [4.69, 9.17) is 9.15 Å². The molecule has 10 nitrogen and oxygen atoms in total. The smallest absolute Gasteiger partial charge is 0.322 e. The maximum atomic E-state index is 13.3. The summed E-state index contributed by atoms with van der Waals surface area (Å²) in [6.45, 7) is 0.168. The van der Waals surface area contributed by atoms with Crippen molar-refractivity contribution in [2.24, 2.45) is 0 Å². The van der Waals surface area contributed by atoms with Crippen LogP contribution < -0.4 is 10.6 Å². The second kappa shape index (κ2) is 8.28. The number of amides is 4. The second-order valence-electron chi connectivity index (χ2n) is 8.80. The van der Waals surface area contributed by atoms with Gasteiger partial charge in [0.05, 0.1) is 12.6 Å². The number of fused-ring (bicyclic) bond motifs is 1. The van der Waals surface area contributed by atoms with Crippen molar-refractivity contribution in [2.75, 3.05) is 20.2 Å². The lowest BCUT2D eigenvalue weighted by molar-refractivity contribution is -0.130. The summed E-state index contributed by atoms with van der Waals surface area (Å²) >= 11 is 0. The minimum atomic E-state index is -1.60. The molecule has 0 radical (unpaired) electrons. The molecule has 2 aliphatic heterocycles. The highest BCUT2D eigenvalue weighted by Gasteiger charge is 2.53. The van der Waals surface area contributed by atoms with Gasteiger partial charge in [0.2, 0.25) is 5.71 Å². The lowest BCUT2D eigenvalue weighted by Crippen LogP contribution is -2.53. The van der Waals surface area contributed by atoms with E-state index in [-0.39, 0.29) is 30.9 Å². The predicted octanol–water partition coefficient (Wildman–Crippen LogP) is 2.20. The van der Waals surface area contributed by atoms with Crippen LogP contribution in [0.4, 0.5) is 4.79 Å². The van der Waals surface area contributed by atoms with Crippen molar-refractivity contribution in [2.45, 2.75) is 11.6 Å². The largest absolute Gasteiger partial charge is 0.440 e. The van der Waals surface area contributed by atoms with E-state index >= 15 is 0 Å². The first-order chi connectivity index (χ1) is 17.5. The summed E-state index contributed by atoms with van der Waals surface area (Å²) in [5.41, 5.74) is 1.75. The molecule has 0 saturated carbocycles. The molecule has 6 rings (SSSR count). The van der Waals surface area contributed by atoms with Crippen LogP contribution in [0.25, 0.3) is 22.2 Å². The molecule has 0 spiro atoms. The molecule has 1 fully saturated rings. The summed E-state index contributed by atoms with van der Waals surface area (Å²) in [7, 11) is 1.59. The summed E-state index contributed by atoms with van der Waals surface area (Å²) in [6, 6.07) is 6.64. The van der Waals surface area contributed by atoms with Gasteiger partial charge in [0.15, 0.2) is 5.54 Å². The van der Waals surface area contributed by atoms with Crippen LogP contribution >= 0.6 is 0 Å². The Morgan fingerprint density at radius 1 is 1.17 bits per heavy atom. The minimum absolute atomic E-state index is 0.110. The number of carbonyl (C=O) groups excluding carboxylic acids is 3. The fraction of sp³-hybridized carbons (Fsp3) is 0.192. The molecular weight excluding hydrogens is 462 g/mol. The van der Waals surface area contributed by atoms with Gasteiger partial charge in [0, 0.05) is 54.3 Å². The number of furan rings is 1. The maximum Gasteiger partial charge on any atom is 0.322 e. The third-order valence-corrected chi connectivity index (χ3v) is 6.59.